The van der Waals surface area contributed by atoms with Crippen LogP contribution in [0, 0.1) is 0 Å². The molecule has 1 unspecified atom stereocenters. The van der Waals surface area contributed by atoms with E-state index >= 15 is 0 Å². The lowest BCUT2D eigenvalue weighted by atomic mass is 10.1. The average molecular weight is 184 g/mol. The molecule has 0 spiro atoms. The Bertz CT molecular complexity index is 126. The van der Waals surface area contributed by atoms with Crippen LogP contribution in [0.25, 0.3) is 0 Å². The Morgan fingerprint density at radius 3 is 2.46 bits per heavy atom. The Balaban J connectivity index is 2.38. The normalized spacial score (nSPS) is 19.4. The van der Waals surface area contributed by atoms with Crippen LogP contribution < -0.4 is 5.32 Å². The van der Waals surface area contributed by atoms with Gasteiger partial charge in [-0.2, -0.15) is 0 Å². The smallest absolute Gasteiger partial charge is 0.0223 e. The van der Waals surface area contributed by atoms with E-state index in [1.165, 1.54) is 32.2 Å². The Hall–Kier alpha value is -0.0800. The second kappa shape index (κ2) is 5.61. The molecule has 0 radical (unpaired) electrons. The van der Waals surface area contributed by atoms with Crippen molar-refractivity contribution >= 4 is 0 Å². The van der Waals surface area contributed by atoms with Crippen LogP contribution in [-0.2, 0) is 0 Å². The molecule has 2 heteroatoms. The first-order chi connectivity index (χ1) is 6.33. The van der Waals surface area contributed by atoms with Crippen molar-refractivity contribution in [1.82, 2.24) is 10.2 Å². The largest absolute Gasteiger partial charge is 0.318 e. The summed E-state index contributed by atoms with van der Waals surface area (Å²) < 4.78 is 0. The van der Waals surface area contributed by atoms with Crippen LogP contribution in [0.15, 0.2) is 0 Å². The molecule has 1 rings (SSSR count). The molecule has 0 aromatic rings. The molecule has 1 atom stereocenters. The minimum Gasteiger partial charge on any atom is -0.318 e. The Labute approximate surface area is 82.7 Å². The lowest BCUT2D eigenvalue weighted by Crippen LogP contribution is -2.42. The first kappa shape index (κ1) is 11.0. The van der Waals surface area contributed by atoms with E-state index < -0.39 is 0 Å². The van der Waals surface area contributed by atoms with E-state index in [4.69, 9.17) is 0 Å². The quantitative estimate of drug-likeness (QED) is 0.649. The Morgan fingerprint density at radius 2 is 2.08 bits per heavy atom. The third kappa shape index (κ3) is 3.28. The second-order valence-corrected chi connectivity index (χ2v) is 4.06. The third-order valence-corrected chi connectivity index (χ3v) is 2.91. The molecular formula is C11H24N2. The minimum absolute atomic E-state index is 0.771. The van der Waals surface area contributed by atoms with Gasteiger partial charge in [-0.15, -0.1) is 0 Å². The van der Waals surface area contributed by atoms with Gasteiger partial charge < -0.3 is 5.32 Å². The summed E-state index contributed by atoms with van der Waals surface area (Å²) in [7, 11) is 2.06. The number of hydrogen-bond donors (Lipinski definition) is 1. The van der Waals surface area contributed by atoms with Crippen LogP contribution in [0.2, 0.25) is 0 Å². The van der Waals surface area contributed by atoms with Gasteiger partial charge in [-0.1, -0.05) is 20.3 Å². The van der Waals surface area contributed by atoms with Crippen molar-refractivity contribution in [3.05, 3.63) is 0 Å². The third-order valence-electron chi connectivity index (χ3n) is 2.91. The van der Waals surface area contributed by atoms with E-state index in [1.54, 1.807) is 0 Å². The highest BCUT2D eigenvalue weighted by molar-refractivity contribution is 4.88. The van der Waals surface area contributed by atoms with Gasteiger partial charge in [0.1, 0.15) is 0 Å². The van der Waals surface area contributed by atoms with E-state index in [0.29, 0.717) is 0 Å². The Morgan fingerprint density at radius 1 is 1.38 bits per heavy atom. The van der Waals surface area contributed by atoms with E-state index in [1.807, 2.05) is 0 Å². The average Bonchev–Trinajstić information content (AvgIpc) is 2.90. The molecule has 0 aromatic heterocycles. The minimum atomic E-state index is 0.771. The van der Waals surface area contributed by atoms with Gasteiger partial charge in [0.2, 0.25) is 0 Å². The summed E-state index contributed by atoms with van der Waals surface area (Å²) in [6.45, 7) is 6.94. The van der Waals surface area contributed by atoms with Crippen molar-refractivity contribution < 1.29 is 0 Å². The van der Waals surface area contributed by atoms with Gasteiger partial charge in [0.15, 0.2) is 0 Å². The number of likely N-dealkylation sites (N-methyl/N-ethyl adjacent to an activating group) is 2. The maximum atomic E-state index is 3.31. The second-order valence-electron chi connectivity index (χ2n) is 4.06. The molecule has 0 aromatic carbocycles. The number of nitrogens with zero attached hydrogens (tertiary/aromatic N) is 1. The molecule has 1 aliphatic carbocycles. The summed E-state index contributed by atoms with van der Waals surface area (Å²) in [5, 5.41) is 3.31. The van der Waals surface area contributed by atoms with Crippen molar-refractivity contribution in [1.29, 1.82) is 0 Å². The van der Waals surface area contributed by atoms with Crippen molar-refractivity contribution in [3.63, 3.8) is 0 Å². The predicted molar refractivity (Wildman–Crippen MR) is 58.0 cm³/mol. The molecule has 0 saturated heterocycles. The zero-order valence-corrected chi connectivity index (χ0v) is 9.34. The maximum absolute atomic E-state index is 3.31. The maximum Gasteiger partial charge on any atom is 0.0223 e. The number of nitrogens with one attached hydrogen (secondary N) is 1. The van der Waals surface area contributed by atoms with E-state index in [-0.39, 0.29) is 0 Å². The highest BCUT2D eigenvalue weighted by Crippen LogP contribution is 2.29. The van der Waals surface area contributed by atoms with Crippen molar-refractivity contribution in [2.24, 2.45) is 0 Å². The van der Waals surface area contributed by atoms with Crippen LogP contribution >= 0.6 is 0 Å². The van der Waals surface area contributed by atoms with E-state index in [9.17, 15) is 0 Å². The molecule has 1 N–H and O–H groups in total. The van der Waals surface area contributed by atoms with Crippen LogP contribution in [0.3, 0.4) is 0 Å². The fourth-order valence-corrected chi connectivity index (χ4v) is 2.17. The summed E-state index contributed by atoms with van der Waals surface area (Å²) in [5.41, 5.74) is 0. The lowest BCUT2D eigenvalue weighted by molar-refractivity contribution is 0.183. The SMILES string of the molecule is CCCC(CNC)N(CC)C1CC1. The van der Waals surface area contributed by atoms with Crippen LogP contribution in [-0.4, -0.2) is 37.1 Å². The van der Waals surface area contributed by atoms with Crippen LogP contribution in [0.4, 0.5) is 0 Å². The molecular weight excluding hydrogens is 160 g/mol. The number of hydrogen-bond acceptors (Lipinski definition) is 2. The molecule has 0 aliphatic heterocycles. The zero-order chi connectivity index (χ0) is 9.68. The van der Waals surface area contributed by atoms with E-state index in [0.717, 1.165) is 18.6 Å². The summed E-state index contributed by atoms with van der Waals surface area (Å²) in [4.78, 5) is 2.68. The van der Waals surface area contributed by atoms with Crippen LogP contribution in [0.5, 0.6) is 0 Å². The highest BCUT2D eigenvalue weighted by atomic mass is 15.2. The fraction of sp³-hybridized carbons (Fsp3) is 1.00. The molecule has 1 fully saturated rings. The molecule has 1 aliphatic rings. The van der Waals surface area contributed by atoms with Gasteiger partial charge >= 0.3 is 0 Å². The van der Waals surface area contributed by atoms with E-state index in [2.05, 4.69) is 31.1 Å². The monoisotopic (exact) mass is 184 g/mol. The number of rotatable bonds is 7. The molecule has 0 amide bonds. The lowest BCUT2D eigenvalue weighted by Gasteiger charge is -2.30. The summed E-state index contributed by atoms with van der Waals surface area (Å²) >= 11 is 0. The van der Waals surface area contributed by atoms with Gasteiger partial charge in [0.25, 0.3) is 0 Å². The molecule has 0 heterocycles. The van der Waals surface area contributed by atoms with Gasteiger partial charge in [-0.3, -0.25) is 4.90 Å². The topological polar surface area (TPSA) is 15.3 Å². The molecule has 1 saturated carbocycles. The summed E-state index contributed by atoms with van der Waals surface area (Å²) in [6, 6.07) is 1.68. The van der Waals surface area contributed by atoms with Gasteiger partial charge in [0.05, 0.1) is 0 Å². The van der Waals surface area contributed by atoms with Crippen molar-refractivity contribution in [2.45, 2.75) is 51.6 Å². The predicted octanol–water partition coefficient (Wildman–Crippen LogP) is 1.86. The molecule has 13 heavy (non-hydrogen) atoms. The Kier molecular flexibility index (Phi) is 4.74. The van der Waals surface area contributed by atoms with Crippen LogP contribution in [0.1, 0.15) is 39.5 Å². The summed E-state index contributed by atoms with van der Waals surface area (Å²) in [5.74, 6) is 0. The molecule has 78 valence electrons. The van der Waals surface area contributed by atoms with Gasteiger partial charge in [-0.25, -0.2) is 0 Å². The first-order valence-corrected chi connectivity index (χ1v) is 5.73. The summed E-state index contributed by atoms with van der Waals surface area (Å²) in [6.07, 6.45) is 5.50. The fourth-order valence-electron chi connectivity index (χ4n) is 2.17. The molecule has 0 bridgehead atoms. The first-order valence-electron chi connectivity index (χ1n) is 5.73. The standard InChI is InChI=1S/C11H24N2/c1-4-6-11(9-12-3)13(5-2)10-7-8-10/h10-12H,4-9H2,1-3H3. The highest BCUT2D eigenvalue weighted by Gasteiger charge is 2.31. The van der Waals surface area contributed by atoms with Gasteiger partial charge in [-0.05, 0) is 32.9 Å². The van der Waals surface area contributed by atoms with Crippen molar-refractivity contribution in [3.8, 4) is 0 Å². The molecule has 2 nitrogen and oxygen atoms in total. The zero-order valence-electron chi connectivity index (χ0n) is 9.34. The van der Waals surface area contributed by atoms with Gasteiger partial charge in [0, 0.05) is 18.6 Å². The van der Waals surface area contributed by atoms with Crippen molar-refractivity contribution in [2.75, 3.05) is 20.1 Å².